The number of fused-ring (bicyclic) bond motifs is 1. The number of benzene rings is 2. The molecule has 2 aromatic carbocycles. The van der Waals surface area contributed by atoms with Gasteiger partial charge in [0.15, 0.2) is 11.5 Å². The maximum atomic E-state index is 13.9. The second kappa shape index (κ2) is 12.7. The highest BCUT2D eigenvalue weighted by Crippen LogP contribution is 2.35. The van der Waals surface area contributed by atoms with Crippen LogP contribution < -0.4 is 19.1 Å². The van der Waals surface area contributed by atoms with Gasteiger partial charge in [-0.3, -0.25) is 13.9 Å². The van der Waals surface area contributed by atoms with Gasteiger partial charge in [-0.1, -0.05) is 49.1 Å². The average molecular weight is 558 g/mol. The molecule has 0 saturated heterocycles. The number of carbonyl (C=O) groups is 2. The molecular formula is C29H39N3O6S. The smallest absolute Gasteiger partial charge is 0.244 e. The van der Waals surface area contributed by atoms with Crippen molar-refractivity contribution in [1.82, 2.24) is 10.2 Å². The van der Waals surface area contributed by atoms with E-state index < -0.39 is 28.5 Å². The van der Waals surface area contributed by atoms with Gasteiger partial charge in [0.05, 0.1) is 11.4 Å². The number of sulfonamides is 1. The molecule has 1 heterocycles. The Hall–Kier alpha value is -3.27. The van der Waals surface area contributed by atoms with Gasteiger partial charge in [0.1, 0.15) is 25.8 Å². The first-order chi connectivity index (χ1) is 18.7. The van der Waals surface area contributed by atoms with Crippen molar-refractivity contribution in [2.45, 2.75) is 71.5 Å². The summed E-state index contributed by atoms with van der Waals surface area (Å²) in [7, 11) is -3.83. The van der Waals surface area contributed by atoms with E-state index in [-0.39, 0.29) is 24.2 Å². The Morgan fingerprint density at radius 2 is 1.67 bits per heavy atom. The monoisotopic (exact) mass is 557 g/mol. The minimum absolute atomic E-state index is 0.0970. The van der Waals surface area contributed by atoms with E-state index in [4.69, 9.17) is 9.47 Å². The molecule has 4 rings (SSSR count). The van der Waals surface area contributed by atoms with Crippen LogP contribution in [0.25, 0.3) is 0 Å². The van der Waals surface area contributed by atoms with E-state index in [2.05, 4.69) is 5.32 Å². The molecule has 1 fully saturated rings. The van der Waals surface area contributed by atoms with E-state index in [1.165, 1.54) is 18.2 Å². The normalized spacial score (nSPS) is 16.3. The fourth-order valence-corrected chi connectivity index (χ4v) is 6.00. The molecule has 39 heavy (non-hydrogen) atoms. The molecule has 9 nitrogen and oxygen atoms in total. The van der Waals surface area contributed by atoms with E-state index in [1.807, 2.05) is 31.2 Å². The molecule has 10 heteroatoms. The molecule has 0 radical (unpaired) electrons. The lowest BCUT2D eigenvalue weighted by Crippen LogP contribution is -2.53. The highest BCUT2D eigenvalue weighted by molar-refractivity contribution is 7.92. The van der Waals surface area contributed by atoms with Crippen molar-refractivity contribution in [3.05, 3.63) is 53.6 Å². The Morgan fingerprint density at radius 1 is 1.00 bits per heavy atom. The molecule has 0 aromatic heterocycles. The van der Waals surface area contributed by atoms with Crippen molar-refractivity contribution < 1.29 is 27.5 Å². The molecule has 1 N–H and O–H groups in total. The molecule has 0 bridgehead atoms. The van der Waals surface area contributed by atoms with Gasteiger partial charge in [0.25, 0.3) is 0 Å². The Balaban J connectivity index is 1.61. The average Bonchev–Trinajstić information content (AvgIpc) is 2.95. The lowest BCUT2D eigenvalue weighted by atomic mass is 9.95. The number of amides is 2. The summed E-state index contributed by atoms with van der Waals surface area (Å²) in [5.41, 5.74) is 2.25. The number of nitrogens with one attached hydrogen (secondary N) is 1. The number of hydrogen-bond donors (Lipinski definition) is 1. The van der Waals surface area contributed by atoms with E-state index in [0.29, 0.717) is 30.4 Å². The summed E-state index contributed by atoms with van der Waals surface area (Å²) in [4.78, 5) is 28.6. The van der Waals surface area contributed by atoms with E-state index in [1.54, 1.807) is 25.1 Å². The van der Waals surface area contributed by atoms with Crippen LogP contribution in [0.1, 0.15) is 57.1 Å². The topological polar surface area (TPSA) is 105 Å². The first kappa shape index (κ1) is 28.7. The van der Waals surface area contributed by atoms with Crippen LogP contribution in [-0.4, -0.2) is 62.7 Å². The summed E-state index contributed by atoms with van der Waals surface area (Å²) in [6, 6.07) is 11.9. The summed E-state index contributed by atoms with van der Waals surface area (Å²) < 4.78 is 38.7. The molecular weight excluding hydrogens is 518 g/mol. The van der Waals surface area contributed by atoms with Crippen LogP contribution in [0.2, 0.25) is 0 Å². The van der Waals surface area contributed by atoms with Crippen LogP contribution in [-0.2, 0) is 26.2 Å². The first-order valence-electron chi connectivity index (χ1n) is 13.7. The Kier molecular flexibility index (Phi) is 9.37. The molecule has 2 aliphatic rings. The molecule has 212 valence electrons. The van der Waals surface area contributed by atoms with Gasteiger partial charge in [-0.25, -0.2) is 8.42 Å². The number of anilines is 1. The highest BCUT2D eigenvalue weighted by Gasteiger charge is 2.32. The fourth-order valence-electron chi connectivity index (χ4n) is 4.95. The lowest BCUT2D eigenvalue weighted by Gasteiger charge is -2.33. The zero-order valence-electron chi connectivity index (χ0n) is 23.0. The summed E-state index contributed by atoms with van der Waals surface area (Å²) >= 11 is 0. The van der Waals surface area contributed by atoms with Gasteiger partial charge in [-0.15, -0.1) is 0 Å². The molecule has 1 aliphatic carbocycles. The predicted molar refractivity (Wildman–Crippen MR) is 150 cm³/mol. The molecule has 1 atom stereocenters. The van der Waals surface area contributed by atoms with E-state index in [0.717, 1.165) is 41.1 Å². The minimum atomic E-state index is -3.83. The van der Waals surface area contributed by atoms with Crippen LogP contribution in [0.4, 0.5) is 5.69 Å². The van der Waals surface area contributed by atoms with Crippen LogP contribution >= 0.6 is 0 Å². The Morgan fingerprint density at radius 3 is 2.33 bits per heavy atom. The lowest BCUT2D eigenvalue weighted by molar-refractivity contribution is -0.139. The molecule has 1 aliphatic heterocycles. The third kappa shape index (κ3) is 7.23. The largest absolute Gasteiger partial charge is 0.486 e. The zero-order chi connectivity index (χ0) is 28.0. The standard InChI is InChI=1S/C29H39N3O6S/c1-4-39(35,36)32(25-14-15-26-27(18-25)38-17-16-37-26)20-28(33)31(19-23-12-10-21(2)11-13-23)22(3)29(34)30-24-8-6-5-7-9-24/h10-15,18,22,24H,4-9,16-17,19-20H2,1-3H3,(H,30,34)/t22-/m0/s1. The van der Waals surface area contributed by atoms with Crippen molar-refractivity contribution in [2.75, 3.05) is 29.8 Å². The van der Waals surface area contributed by atoms with Gasteiger partial charge in [0.2, 0.25) is 21.8 Å². The minimum Gasteiger partial charge on any atom is -0.486 e. The van der Waals surface area contributed by atoms with Crippen molar-refractivity contribution in [3.8, 4) is 11.5 Å². The number of rotatable bonds is 10. The molecule has 0 spiro atoms. The summed E-state index contributed by atoms with van der Waals surface area (Å²) in [6.45, 7) is 5.72. The Bertz CT molecular complexity index is 1260. The fraction of sp³-hybridized carbons (Fsp3) is 0.517. The van der Waals surface area contributed by atoms with Crippen LogP contribution in [0.5, 0.6) is 11.5 Å². The summed E-state index contributed by atoms with van der Waals surface area (Å²) in [6.07, 6.45) is 5.17. The van der Waals surface area contributed by atoms with Crippen LogP contribution in [0.15, 0.2) is 42.5 Å². The van der Waals surface area contributed by atoms with Crippen molar-refractivity contribution >= 4 is 27.5 Å². The zero-order valence-corrected chi connectivity index (χ0v) is 23.8. The predicted octanol–water partition coefficient (Wildman–Crippen LogP) is 3.79. The van der Waals surface area contributed by atoms with Crippen molar-refractivity contribution in [2.24, 2.45) is 0 Å². The van der Waals surface area contributed by atoms with Crippen LogP contribution in [0, 0.1) is 6.92 Å². The maximum absolute atomic E-state index is 13.9. The summed E-state index contributed by atoms with van der Waals surface area (Å²) in [5, 5.41) is 3.11. The maximum Gasteiger partial charge on any atom is 0.244 e. The SMILES string of the molecule is CCS(=O)(=O)N(CC(=O)N(Cc1ccc(C)cc1)[C@@H](C)C(=O)NC1CCCCC1)c1ccc2c(c1)OCCO2. The quantitative estimate of drug-likeness (QED) is 0.477. The molecule has 2 aromatic rings. The number of hydrogen-bond acceptors (Lipinski definition) is 6. The van der Waals surface area contributed by atoms with Crippen molar-refractivity contribution in [3.63, 3.8) is 0 Å². The number of aryl methyl sites for hydroxylation is 1. The number of nitrogens with zero attached hydrogens (tertiary/aromatic N) is 2. The third-order valence-corrected chi connectivity index (χ3v) is 9.13. The van der Waals surface area contributed by atoms with Crippen molar-refractivity contribution in [1.29, 1.82) is 0 Å². The Labute approximate surface area is 231 Å². The first-order valence-corrected chi connectivity index (χ1v) is 15.3. The molecule has 0 unspecified atom stereocenters. The van der Waals surface area contributed by atoms with Gasteiger partial charge >= 0.3 is 0 Å². The van der Waals surface area contributed by atoms with E-state index in [9.17, 15) is 18.0 Å². The van der Waals surface area contributed by atoms with Gasteiger partial charge in [0, 0.05) is 18.7 Å². The van der Waals surface area contributed by atoms with Gasteiger partial charge < -0.3 is 19.7 Å². The third-order valence-electron chi connectivity index (χ3n) is 7.39. The molecule has 1 saturated carbocycles. The molecule has 2 amide bonds. The highest BCUT2D eigenvalue weighted by atomic mass is 32.2. The van der Waals surface area contributed by atoms with E-state index >= 15 is 0 Å². The second-order valence-corrected chi connectivity index (χ2v) is 12.4. The second-order valence-electron chi connectivity index (χ2n) is 10.3. The van der Waals surface area contributed by atoms with Gasteiger partial charge in [-0.2, -0.15) is 0 Å². The van der Waals surface area contributed by atoms with Gasteiger partial charge in [-0.05, 0) is 51.3 Å². The summed E-state index contributed by atoms with van der Waals surface area (Å²) in [5.74, 6) is 0.0727. The number of ether oxygens (including phenoxy) is 2. The number of carbonyl (C=O) groups excluding carboxylic acids is 2. The van der Waals surface area contributed by atoms with Crippen LogP contribution in [0.3, 0.4) is 0 Å².